The number of halogens is 3. The molecule has 0 atom stereocenters. The van der Waals surface area contributed by atoms with Gasteiger partial charge in [-0.3, -0.25) is 0 Å². The van der Waals surface area contributed by atoms with Crippen LogP contribution in [0.4, 0.5) is 13.2 Å². The second-order valence-electron chi connectivity index (χ2n) is 17.6. The van der Waals surface area contributed by atoms with E-state index in [0.717, 1.165) is 88.1 Å². The zero-order valence-electron chi connectivity index (χ0n) is 37.3. The number of hydrogen-bond donors (Lipinski definition) is 0. The molecule has 0 unspecified atom stereocenters. The van der Waals surface area contributed by atoms with E-state index >= 15 is 0 Å². The van der Waals surface area contributed by atoms with Crippen molar-refractivity contribution in [2.75, 3.05) is 0 Å². The van der Waals surface area contributed by atoms with E-state index in [1.807, 2.05) is 84.9 Å². The number of nitriles is 1. The van der Waals surface area contributed by atoms with Crippen molar-refractivity contribution in [3.8, 4) is 73.1 Å². The van der Waals surface area contributed by atoms with Crippen LogP contribution in [-0.2, 0) is 6.18 Å². The fourth-order valence-corrected chi connectivity index (χ4v) is 10.2. The van der Waals surface area contributed by atoms with Gasteiger partial charge in [0.2, 0.25) is 0 Å². The van der Waals surface area contributed by atoms with Crippen molar-refractivity contribution in [2.24, 2.45) is 0 Å². The first-order valence-electron chi connectivity index (χ1n) is 22.9. The van der Waals surface area contributed by atoms with Crippen LogP contribution in [0.25, 0.3) is 111 Å². The second-order valence-corrected chi connectivity index (χ2v) is 17.6. The number of aryl methyl sites for hydroxylation is 1. The summed E-state index contributed by atoms with van der Waals surface area (Å²) < 4.78 is 47.8. The minimum absolute atomic E-state index is 0.405. The van der Waals surface area contributed by atoms with Gasteiger partial charge in [0.25, 0.3) is 0 Å². The Morgan fingerprint density at radius 3 is 1.00 bits per heavy atom. The number of alkyl halides is 3. The summed E-state index contributed by atoms with van der Waals surface area (Å²) in [7, 11) is 0. The van der Waals surface area contributed by atoms with Gasteiger partial charge in [0.05, 0.1) is 50.6 Å². The average molecular weight is 896 g/mol. The average Bonchev–Trinajstić information content (AvgIpc) is 3.90. The normalized spacial score (nSPS) is 11.8. The molecule has 6 heteroatoms. The summed E-state index contributed by atoms with van der Waals surface area (Å²) in [5.74, 6) is 0. The van der Waals surface area contributed by atoms with Crippen LogP contribution in [0.1, 0.15) is 16.7 Å². The van der Waals surface area contributed by atoms with Gasteiger partial charge < -0.3 is 9.13 Å². The zero-order valence-corrected chi connectivity index (χ0v) is 37.3. The molecule has 0 saturated heterocycles. The summed E-state index contributed by atoms with van der Waals surface area (Å²) in [5, 5.41) is 15.0. The van der Waals surface area contributed by atoms with Crippen molar-refractivity contribution in [2.45, 2.75) is 13.1 Å². The monoisotopic (exact) mass is 895 g/mol. The highest BCUT2D eigenvalue weighted by Gasteiger charge is 2.32. The Morgan fingerprint density at radius 1 is 0.377 bits per heavy atom. The van der Waals surface area contributed by atoms with Crippen LogP contribution < -0.4 is 0 Å². The first-order valence-corrected chi connectivity index (χ1v) is 22.9. The molecule has 10 aromatic carbocycles. The molecule has 0 fully saturated rings. The highest BCUT2D eigenvalue weighted by atomic mass is 19.4. The maximum Gasteiger partial charge on any atom is 0.416 e. The molecule has 3 nitrogen and oxygen atoms in total. The second kappa shape index (κ2) is 16.4. The highest BCUT2D eigenvalue weighted by molar-refractivity contribution is 6.14. The lowest BCUT2D eigenvalue weighted by atomic mass is 9.93. The molecule has 0 radical (unpaired) electrons. The maximum absolute atomic E-state index is 14.5. The molecule has 12 rings (SSSR count). The molecule has 0 aliphatic rings. The van der Waals surface area contributed by atoms with Crippen LogP contribution in [-0.4, -0.2) is 9.13 Å². The van der Waals surface area contributed by atoms with Crippen LogP contribution in [0.15, 0.2) is 224 Å². The van der Waals surface area contributed by atoms with Crippen molar-refractivity contribution in [1.29, 1.82) is 5.26 Å². The predicted octanol–water partition coefficient (Wildman–Crippen LogP) is 17.4. The molecule has 12 aromatic rings. The molecule has 0 bridgehead atoms. The standard InChI is InChI=1S/C63H40F3N3/c1-40-32-50(63(64,65)66)26-27-51(40)62-60(68-56-28-22-46(42-14-6-2-7-15-42)35-52(56)53-36-47(23-29-57(53)68)43-16-8-3-9-17-43)33-41(39-67)34-61(62)69-58-30-24-48(44-18-10-4-11-19-44)37-54(58)55-38-49(25-31-59(55)69)45-20-12-5-13-21-45/h2-38H,1H3. The highest BCUT2D eigenvalue weighted by Crippen LogP contribution is 2.46. The Kier molecular flexibility index (Phi) is 9.89. The molecular weight excluding hydrogens is 856 g/mol. The number of nitrogens with zero attached hydrogens (tertiary/aromatic N) is 3. The predicted molar refractivity (Wildman–Crippen MR) is 277 cm³/mol. The molecule has 0 saturated carbocycles. The Morgan fingerprint density at radius 2 is 0.710 bits per heavy atom. The van der Waals surface area contributed by atoms with Crippen LogP contribution in [0.5, 0.6) is 0 Å². The summed E-state index contributed by atoms with van der Waals surface area (Å²) >= 11 is 0. The van der Waals surface area contributed by atoms with Gasteiger partial charge in [0, 0.05) is 27.1 Å². The van der Waals surface area contributed by atoms with E-state index in [2.05, 4.69) is 137 Å². The quantitative estimate of drug-likeness (QED) is 0.157. The number of fused-ring (bicyclic) bond motifs is 6. The minimum Gasteiger partial charge on any atom is -0.308 e. The minimum atomic E-state index is -4.54. The van der Waals surface area contributed by atoms with Crippen molar-refractivity contribution < 1.29 is 13.2 Å². The Balaban J connectivity index is 1.22. The Labute approximate surface area is 396 Å². The van der Waals surface area contributed by atoms with Gasteiger partial charge in [-0.1, -0.05) is 152 Å². The molecular formula is C63H40F3N3. The first-order chi connectivity index (χ1) is 33.7. The van der Waals surface area contributed by atoms with Crippen molar-refractivity contribution in [1.82, 2.24) is 9.13 Å². The van der Waals surface area contributed by atoms with E-state index in [4.69, 9.17) is 0 Å². The maximum atomic E-state index is 14.5. The third-order valence-corrected chi connectivity index (χ3v) is 13.5. The zero-order chi connectivity index (χ0) is 46.8. The third kappa shape index (κ3) is 7.15. The summed E-state index contributed by atoms with van der Waals surface area (Å²) in [5.41, 5.74) is 14.8. The van der Waals surface area contributed by atoms with E-state index in [9.17, 15) is 18.4 Å². The van der Waals surface area contributed by atoms with Gasteiger partial charge >= 0.3 is 6.18 Å². The van der Waals surface area contributed by atoms with Crippen LogP contribution in [0, 0.1) is 18.3 Å². The van der Waals surface area contributed by atoms with Gasteiger partial charge in [-0.15, -0.1) is 0 Å². The third-order valence-electron chi connectivity index (χ3n) is 13.5. The number of benzene rings is 10. The van der Waals surface area contributed by atoms with Crippen molar-refractivity contribution >= 4 is 43.6 Å². The van der Waals surface area contributed by atoms with Gasteiger partial charge in [0.15, 0.2) is 0 Å². The van der Waals surface area contributed by atoms with Gasteiger partial charge in [-0.2, -0.15) is 18.4 Å². The fourth-order valence-electron chi connectivity index (χ4n) is 10.2. The Bertz CT molecular complexity index is 3580. The largest absolute Gasteiger partial charge is 0.416 e. The lowest BCUT2D eigenvalue weighted by Gasteiger charge is -2.22. The van der Waals surface area contributed by atoms with Crippen LogP contribution in [0.3, 0.4) is 0 Å². The molecule has 2 heterocycles. The summed E-state index contributed by atoms with van der Waals surface area (Å²) in [6.07, 6.45) is -4.54. The van der Waals surface area contributed by atoms with Gasteiger partial charge in [0.1, 0.15) is 0 Å². The summed E-state index contributed by atoms with van der Waals surface area (Å²) in [6, 6.07) is 77.2. The number of aromatic nitrogens is 2. The van der Waals surface area contributed by atoms with E-state index in [-0.39, 0.29) is 0 Å². The van der Waals surface area contributed by atoms with Crippen LogP contribution in [0.2, 0.25) is 0 Å². The van der Waals surface area contributed by atoms with Crippen molar-refractivity contribution in [3.63, 3.8) is 0 Å². The lowest BCUT2D eigenvalue weighted by Crippen LogP contribution is -2.08. The van der Waals surface area contributed by atoms with E-state index < -0.39 is 11.7 Å². The number of rotatable bonds is 7. The lowest BCUT2D eigenvalue weighted by molar-refractivity contribution is -0.137. The molecule has 0 aliphatic carbocycles. The molecule has 328 valence electrons. The molecule has 69 heavy (non-hydrogen) atoms. The Hall–Kier alpha value is -8.92. The SMILES string of the molecule is Cc1cc(C(F)(F)F)ccc1-c1c(-n2c3ccc(-c4ccccc4)cc3c3cc(-c4ccccc4)ccc32)cc(C#N)cc1-n1c2ccc(-c3ccccc3)cc2c2cc(-c3ccccc3)ccc21. The first kappa shape index (κ1) is 41.5. The number of hydrogen-bond acceptors (Lipinski definition) is 1. The smallest absolute Gasteiger partial charge is 0.308 e. The summed E-state index contributed by atoms with van der Waals surface area (Å²) in [6.45, 7) is 1.74. The van der Waals surface area contributed by atoms with E-state index in [1.165, 1.54) is 12.1 Å². The van der Waals surface area contributed by atoms with Crippen LogP contribution >= 0.6 is 0 Å². The van der Waals surface area contributed by atoms with Crippen molar-refractivity contribution in [3.05, 3.63) is 241 Å². The topological polar surface area (TPSA) is 33.6 Å². The van der Waals surface area contributed by atoms with Gasteiger partial charge in [-0.25, -0.2) is 0 Å². The summed E-state index contributed by atoms with van der Waals surface area (Å²) in [4.78, 5) is 0. The van der Waals surface area contributed by atoms with E-state index in [1.54, 1.807) is 13.0 Å². The molecule has 0 aliphatic heterocycles. The molecule has 0 N–H and O–H groups in total. The van der Waals surface area contributed by atoms with E-state index in [0.29, 0.717) is 33.6 Å². The van der Waals surface area contributed by atoms with Gasteiger partial charge in [-0.05, 0) is 135 Å². The molecule has 2 aromatic heterocycles. The molecule has 0 spiro atoms. The molecule has 0 amide bonds. The fraction of sp³-hybridized carbons (Fsp3) is 0.0317.